The number of halogens is 4. The minimum absolute atomic E-state index is 0.0591. The molecule has 2 unspecified atom stereocenters. The number of esters is 2. The molecule has 0 radical (unpaired) electrons. The lowest BCUT2D eigenvalue weighted by atomic mass is 10.1. The number of carbonyl (C=O) groups is 3. The molecule has 2 aromatic heterocycles. The van der Waals surface area contributed by atoms with Gasteiger partial charge in [-0.15, -0.1) is 0 Å². The highest BCUT2D eigenvalue weighted by Crippen LogP contribution is 2.42. The van der Waals surface area contributed by atoms with Gasteiger partial charge in [0.25, 0.3) is 0 Å². The van der Waals surface area contributed by atoms with Gasteiger partial charge in [-0.2, -0.15) is 0 Å². The number of amides is 1. The van der Waals surface area contributed by atoms with Crippen LogP contribution < -0.4 is 31.7 Å². The van der Waals surface area contributed by atoms with Crippen LogP contribution in [0.25, 0.3) is 21.8 Å². The number of alkyl carbamates (subject to hydrolysis) is 1. The Morgan fingerprint density at radius 2 is 1.20 bits per heavy atom. The van der Waals surface area contributed by atoms with E-state index in [0.29, 0.717) is 45.1 Å². The quantitative estimate of drug-likeness (QED) is 0.146. The molecule has 4 heterocycles. The van der Waals surface area contributed by atoms with Crippen molar-refractivity contribution in [1.29, 1.82) is 0 Å². The zero-order chi connectivity index (χ0) is 40.0. The van der Waals surface area contributed by atoms with E-state index in [2.05, 4.69) is 5.32 Å². The molecule has 2 saturated heterocycles. The van der Waals surface area contributed by atoms with Crippen LogP contribution in [0.2, 0.25) is 0 Å². The lowest BCUT2D eigenvalue weighted by Crippen LogP contribution is -2.40. The molecule has 8 rings (SSSR count). The van der Waals surface area contributed by atoms with Gasteiger partial charge in [-0.1, -0.05) is 0 Å². The van der Waals surface area contributed by atoms with Crippen LogP contribution in [0, 0.1) is 23.3 Å². The SMILES string of the molecule is CC(C)(C)OC(=O)NC1CCN(c2c(F)cc3c(=O)c(C(=O)OC(=O)c4cn(C5CC5)c5c(F)c(N6CCC(N)C6)c(F)cc5c4=O)cn(C4CC4)c3c2F)C1. The lowest BCUT2D eigenvalue weighted by molar-refractivity contribution is 0.0393. The van der Waals surface area contributed by atoms with Crippen molar-refractivity contribution >= 4 is 51.2 Å². The van der Waals surface area contributed by atoms with Crippen LogP contribution in [0.5, 0.6) is 0 Å². The van der Waals surface area contributed by atoms with Gasteiger partial charge < -0.3 is 39.5 Å². The van der Waals surface area contributed by atoms with Gasteiger partial charge in [0, 0.05) is 56.7 Å². The van der Waals surface area contributed by atoms with E-state index in [-0.39, 0.29) is 54.5 Å². The fraction of sp³-hybridized carbons (Fsp3) is 0.462. The summed E-state index contributed by atoms with van der Waals surface area (Å²) >= 11 is 0. The van der Waals surface area contributed by atoms with Crippen LogP contribution in [0.1, 0.15) is 92.1 Å². The van der Waals surface area contributed by atoms with E-state index < -0.39 is 91.4 Å². The Balaban J connectivity index is 1.11. The van der Waals surface area contributed by atoms with Crippen molar-refractivity contribution in [2.45, 2.75) is 89.1 Å². The zero-order valence-corrected chi connectivity index (χ0v) is 30.9. The third-order valence-corrected chi connectivity index (χ3v) is 10.6. The maximum atomic E-state index is 16.4. The summed E-state index contributed by atoms with van der Waals surface area (Å²) in [5.41, 5.74) is 0.438. The molecule has 2 aromatic carbocycles. The summed E-state index contributed by atoms with van der Waals surface area (Å²) in [6.07, 6.45) is 4.62. The van der Waals surface area contributed by atoms with E-state index in [1.165, 1.54) is 18.9 Å². The van der Waals surface area contributed by atoms with Crippen molar-refractivity contribution in [3.8, 4) is 0 Å². The number of fused-ring (bicyclic) bond motifs is 2. The molecule has 0 spiro atoms. The molecule has 4 fully saturated rings. The molecule has 2 atom stereocenters. The van der Waals surface area contributed by atoms with E-state index in [1.54, 1.807) is 20.8 Å². The summed E-state index contributed by atoms with van der Waals surface area (Å²) in [7, 11) is 0. The fourth-order valence-corrected chi connectivity index (χ4v) is 7.75. The minimum Gasteiger partial charge on any atom is -0.444 e. The van der Waals surface area contributed by atoms with Gasteiger partial charge in [-0.25, -0.2) is 31.9 Å². The second-order valence-corrected chi connectivity index (χ2v) is 16.1. The minimum atomic E-state index is -1.48. The number of pyridine rings is 2. The van der Waals surface area contributed by atoms with Crippen molar-refractivity contribution in [1.82, 2.24) is 14.5 Å². The fourth-order valence-electron chi connectivity index (χ4n) is 7.75. The molecular weight excluding hydrogens is 740 g/mol. The standard InChI is InChI=1S/C39H40F4N6O7/c1-39(2,3)56-38(54)45-19-9-11-47(15-19)33-27(41)13-23-31(29(33)43)49(21-6-7-21)17-25(35(23)51)37(53)55-36(52)24-16-48(20-4-5-20)30-22(34(24)50)12-26(40)32(28(30)42)46-10-8-18(44)14-46/h12-13,16-21H,4-11,14-15,44H2,1-3H3,(H,45,54). The largest absolute Gasteiger partial charge is 0.444 e. The molecule has 2 aliphatic heterocycles. The number of benzene rings is 2. The molecule has 2 aliphatic carbocycles. The Kier molecular flexibility index (Phi) is 9.12. The monoisotopic (exact) mass is 780 g/mol. The van der Waals surface area contributed by atoms with Gasteiger partial charge in [0.2, 0.25) is 10.9 Å². The smallest absolute Gasteiger partial charge is 0.407 e. The first kappa shape index (κ1) is 37.5. The molecule has 296 valence electrons. The second-order valence-electron chi connectivity index (χ2n) is 16.1. The number of anilines is 2. The van der Waals surface area contributed by atoms with Gasteiger partial charge in [-0.3, -0.25) is 9.59 Å². The summed E-state index contributed by atoms with van der Waals surface area (Å²) in [6, 6.07) is 0.253. The van der Waals surface area contributed by atoms with Gasteiger partial charge in [0.1, 0.15) is 39.7 Å². The van der Waals surface area contributed by atoms with E-state index in [1.807, 2.05) is 0 Å². The average Bonchev–Trinajstić information content (AvgIpc) is 4.04. The Morgan fingerprint density at radius 3 is 1.62 bits per heavy atom. The maximum Gasteiger partial charge on any atom is 0.407 e. The van der Waals surface area contributed by atoms with Crippen molar-refractivity contribution in [2.75, 3.05) is 36.0 Å². The number of ether oxygens (including phenoxy) is 2. The van der Waals surface area contributed by atoms with Crippen LogP contribution in [-0.4, -0.2) is 71.0 Å². The third-order valence-electron chi connectivity index (χ3n) is 10.6. The van der Waals surface area contributed by atoms with Crippen molar-refractivity contribution in [2.24, 2.45) is 5.73 Å². The number of hydrogen-bond acceptors (Lipinski definition) is 10. The van der Waals surface area contributed by atoms with Gasteiger partial charge in [0.15, 0.2) is 11.6 Å². The summed E-state index contributed by atoms with van der Waals surface area (Å²) in [6.45, 7) is 5.90. The number of nitrogens with one attached hydrogen (secondary N) is 1. The lowest BCUT2D eigenvalue weighted by Gasteiger charge is -2.24. The summed E-state index contributed by atoms with van der Waals surface area (Å²) in [5.74, 6) is -7.07. The van der Waals surface area contributed by atoms with Crippen LogP contribution in [0.15, 0.2) is 34.1 Å². The van der Waals surface area contributed by atoms with E-state index in [0.717, 1.165) is 24.5 Å². The number of carbonyl (C=O) groups excluding carboxylic acids is 3. The number of nitrogens with zero attached hydrogens (tertiary/aromatic N) is 4. The maximum absolute atomic E-state index is 16.4. The molecule has 13 nitrogen and oxygen atoms in total. The Morgan fingerprint density at radius 1 is 0.732 bits per heavy atom. The van der Waals surface area contributed by atoms with Crippen LogP contribution in [0.4, 0.5) is 33.7 Å². The Hall–Kier alpha value is -5.45. The predicted molar refractivity (Wildman–Crippen MR) is 197 cm³/mol. The predicted octanol–water partition coefficient (Wildman–Crippen LogP) is 5.18. The van der Waals surface area contributed by atoms with Crippen molar-refractivity contribution in [3.05, 3.63) is 79.4 Å². The molecule has 3 N–H and O–H groups in total. The molecular formula is C39H40F4N6O7. The van der Waals surface area contributed by atoms with Crippen LogP contribution in [-0.2, 0) is 9.47 Å². The summed E-state index contributed by atoms with van der Waals surface area (Å²) < 4.78 is 76.8. The van der Waals surface area contributed by atoms with Gasteiger partial charge >= 0.3 is 18.0 Å². The topological polar surface area (TPSA) is 158 Å². The van der Waals surface area contributed by atoms with Gasteiger partial charge in [0.05, 0.1) is 27.8 Å². The van der Waals surface area contributed by atoms with Crippen LogP contribution in [0.3, 0.4) is 0 Å². The Bertz CT molecular complexity index is 2470. The molecule has 0 bridgehead atoms. The highest BCUT2D eigenvalue weighted by atomic mass is 19.1. The summed E-state index contributed by atoms with van der Waals surface area (Å²) in [4.78, 5) is 69.6. The van der Waals surface area contributed by atoms with E-state index in [4.69, 9.17) is 15.2 Å². The summed E-state index contributed by atoms with van der Waals surface area (Å²) in [5, 5.41) is 1.80. The van der Waals surface area contributed by atoms with Crippen LogP contribution >= 0.6 is 0 Å². The first-order valence-electron chi connectivity index (χ1n) is 18.7. The van der Waals surface area contributed by atoms with E-state index >= 15 is 17.6 Å². The van der Waals surface area contributed by atoms with Gasteiger partial charge in [-0.05, 0) is 71.4 Å². The number of nitrogens with two attached hydrogens (primary N) is 1. The normalized spacial score (nSPS) is 19.9. The average molecular weight is 781 g/mol. The molecule has 56 heavy (non-hydrogen) atoms. The zero-order valence-electron chi connectivity index (χ0n) is 30.9. The number of rotatable bonds is 7. The molecule has 4 aromatic rings. The van der Waals surface area contributed by atoms with E-state index in [9.17, 15) is 24.0 Å². The molecule has 4 aliphatic rings. The van der Waals surface area contributed by atoms with Crippen molar-refractivity contribution < 1.29 is 41.4 Å². The highest BCUT2D eigenvalue weighted by Gasteiger charge is 2.36. The highest BCUT2D eigenvalue weighted by molar-refractivity contribution is 6.05. The second kappa shape index (κ2) is 13.6. The molecule has 2 saturated carbocycles. The first-order chi connectivity index (χ1) is 26.5. The molecule has 17 heteroatoms. The van der Waals surface area contributed by atoms with Crippen molar-refractivity contribution in [3.63, 3.8) is 0 Å². The number of hydrogen-bond donors (Lipinski definition) is 2. The Labute approximate surface area is 316 Å². The number of aromatic nitrogens is 2. The molecule has 1 amide bonds. The third kappa shape index (κ3) is 6.75. The first-order valence-corrected chi connectivity index (χ1v) is 18.7.